The van der Waals surface area contributed by atoms with Crippen LogP contribution >= 0.6 is 35.1 Å². The molecular formula is C26H22ClN3OS2. The second kappa shape index (κ2) is 9.67. The fourth-order valence-corrected chi connectivity index (χ4v) is 6.39. The average molecular weight is 492 g/mol. The van der Waals surface area contributed by atoms with Crippen LogP contribution in [0.1, 0.15) is 12.5 Å². The summed E-state index contributed by atoms with van der Waals surface area (Å²) >= 11 is 9.17. The van der Waals surface area contributed by atoms with E-state index in [-0.39, 0.29) is 5.91 Å². The maximum absolute atomic E-state index is 13.7. The number of nitrogens with zero attached hydrogens (tertiary/aromatic N) is 3. The lowest BCUT2D eigenvalue weighted by Crippen LogP contribution is -2.32. The molecule has 0 saturated carbocycles. The molecule has 2 heterocycles. The molecule has 0 bridgehead atoms. The smallest absolute Gasteiger partial charge is 0.269 e. The van der Waals surface area contributed by atoms with Crippen molar-refractivity contribution in [2.75, 3.05) is 18.0 Å². The Labute approximate surface area is 207 Å². The molecule has 0 aliphatic carbocycles. The first-order valence-corrected chi connectivity index (χ1v) is 12.8. The molecule has 0 aromatic heterocycles. The van der Waals surface area contributed by atoms with Gasteiger partial charge in [-0.2, -0.15) is 0 Å². The van der Waals surface area contributed by atoms with Gasteiger partial charge in [-0.25, -0.2) is 4.99 Å². The Bertz CT molecular complexity index is 1240. The third kappa shape index (κ3) is 4.56. The first kappa shape index (κ1) is 22.1. The van der Waals surface area contributed by atoms with Crippen molar-refractivity contribution in [3.8, 4) is 0 Å². The monoisotopic (exact) mass is 491 g/mol. The van der Waals surface area contributed by atoms with Crippen molar-refractivity contribution in [3.05, 3.63) is 99.4 Å². The van der Waals surface area contributed by atoms with Crippen molar-refractivity contribution >= 4 is 57.6 Å². The highest BCUT2D eigenvalue weighted by Gasteiger charge is 2.39. The van der Waals surface area contributed by atoms with Crippen LogP contribution in [0.2, 0.25) is 5.02 Å². The Kier molecular flexibility index (Phi) is 6.49. The van der Waals surface area contributed by atoms with Gasteiger partial charge in [0, 0.05) is 23.0 Å². The third-order valence-electron chi connectivity index (χ3n) is 5.50. The Morgan fingerprint density at radius 2 is 1.61 bits per heavy atom. The lowest BCUT2D eigenvalue weighted by atomic mass is 10.1. The highest BCUT2D eigenvalue weighted by atomic mass is 35.5. The molecule has 4 nitrogen and oxygen atoms in total. The summed E-state index contributed by atoms with van der Waals surface area (Å²) in [6, 6.07) is 25.9. The molecule has 0 radical (unpaired) electrons. The van der Waals surface area contributed by atoms with E-state index in [0.29, 0.717) is 16.7 Å². The first-order chi connectivity index (χ1) is 16.1. The number of hydrogen-bond donors (Lipinski definition) is 0. The molecule has 7 heteroatoms. The molecule has 166 valence electrons. The molecule has 2 aliphatic heterocycles. The zero-order valence-electron chi connectivity index (χ0n) is 18.1. The van der Waals surface area contributed by atoms with Gasteiger partial charge < -0.3 is 4.90 Å². The van der Waals surface area contributed by atoms with E-state index in [1.807, 2.05) is 59.5 Å². The quantitative estimate of drug-likeness (QED) is 0.362. The van der Waals surface area contributed by atoms with Crippen molar-refractivity contribution in [1.29, 1.82) is 0 Å². The Balaban J connectivity index is 1.51. The largest absolute Gasteiger partial charge is 0.334 e. The maximum Gasteiger partial charge on any atom is 0.269 e. The number of carbonyl (C=O) groups excluding carboxylic acids is 1. The van der Waals surface area contributed by atoms with Gasteiger partial charge in [0.05, 0.1) is 11.4 Å². The number of carbonyl (C=O) groups is 1. The number of para-hydroxylation sites is 1. The number of aliphatic imine (C=N–C) groups is 1. The maximum atomic E-state index is 13.7. The van der Waals surface area contributed by atoms with E-state index >= 15 is 0 Å². The fraction of sp³-hybridized carbons (Fsp3) is 0.154. The fourth-order valence-electron chi connectivity index (χ4n) is 3.84. The third-order valence-corrected chi connectivity index (χ3v) is 8.13. The second-order valence-corrected chi connectivity index (χ2v) is 10.1. The zero-order chi connectivity index (χ0) is 22.8. The molecule has 3 aromatic rings. The molecule has 1 saturated heterocycles. The molecule has 3 aromatic carbocycles. The highest BCUT2D eigenvalue weighted by Crippen LogP contribution is 2.50. The van der Waals surface area contributed by atoms with Crippen molar-refractivity contribution in [1.82, 2.24) is 4.90 Å². The predicted octanol–water partition coefficient (Wildman–Crippen LogP) is 6.95. The molecule has 0 spiro atoms. The summed E-state index contributed by atoms with van der Waals surface area (Å²) in [5, 5.41) is 2.35. The second-order valence-electron chi connectivity index (χ2n) is 7.61. The van der Waals surface area contributed by atoms with Crippen molar-refractivity contribution in [3.63, 3.8) is 0 Å². The molecule has 0 atom stereocenters. The molecule has 33 heavy (non-hydrogen) atoms. The number of amides is 1. The molecule has 0 N–H and O–H groups in total. The van der Waals surface area contributed by atoms with E-state index in [1.165, 1.54) is 22.2 Å². The number of halogens is 1. The average Bonchev–Trinajstić information content (AvgIpc) is 3.36. The normalized spacial score (nSPS) is 19.0. The number of rotatable bonds is 5. The minimum atomic E-state index is 0.0115. The minimum absolute atomic E-state index is 0.0115. The van der Waals surface area contributed by atoms with Crippen LogP contribution in [0.4, 0.5) is 11.4 Å². The van der Waals surface area contributed by atoms with Gasteiger partial charge in [0.15, 0.2) is 5.17 Å². The number of benzene rings is 3. The SMILES string of the molecule is CCN1/C(=C2/SC(=Nc3ccc(Cl)cc3)N(CCc3ccccc3)C2=O)Sc2ccccc21. The van der Waals surface area contributed by atoms with E-state index in [1.54, 1.807) is 11.8 Å². The van der Waals surface area contributed by atoms with Gasteiger partial charge in [-0.1, -0.05) is 65.8 Å². The van der Waals surface area contributed by atoms with Gasteiger partial charge in [0.1, 0.15) is 9.93 Å². The van der Waals surface area contributed by atoms with Crippen LogP contribution in [0, 0.1) is 0 Å². The van der Waals surface area contributed by atoms with E-state index in [0.717, 1.165) is 34.3 Å². The van der Waals surface area contributed by atoms with Crippen molar-refractivity contribution in [2.24, 2.45) is 4.99 Å². The summed E-state index contributed by atoms with van der Waals surface area (Å²) in [5.41, 5.74) is 3.13. The predicted molar refractivity (Wildman–Crippen MR) is 140 cm³/mol. The van der Waals surface area contributed by atoms with Gasteiger partial charge in [0.2, 0.25) is 0 Å². The van der Waals surface area contributed by atoms with Gasteiger partial charge in [-0.15, -0.1) is 0 Å². The topological polar surface area (TPSA) is 35.9 Å². The van der Waals surface area contributed by atoms with Crippen LogP contribution in [0.5, 0.6) is 0 Å². The standard InChI is InChI=1S/C26H22ClN3OS2/c1-2-29-21-10-6-7-11-22(21)32-25(29)23-24(31)30(17-16-18-8-4-3-5-9-18)26(33-23)28-20-14-12-19(27)13-15-20/h3-15H,2,16-17H2,1H3/b25-23-,28-26?. The number of thioether (sulfide) groups is 2. The lowest BCUT2D eigenvalue weighted by molar-refractivity contribution is -0.122. The van der Waals surface area contributed by atoms with E-state index in [9.17, 15) is 4.79 Å². The lowest BCUT2D eigenvalue weighted by Gasteiger charge is -2.19. The van der Waals surface area contributed by atoms with Crippen LogP contribution in [0.25, 0.3) is 0 Å². The summed E-state index contributed by atoms with van der Waals surface area (Å²) in [5.74, 6) is 0.0115. The Hall–Kier alpha value is -2.67. The Morgan fingerprint density at radius 1 is 0.879 bits per heavy atom. The van der Waals surface area contributed by atoms with Crippen LogP contribution in [0.15, 0.2) is 98.7 Å². The van der Waals surface area contributed by atoms with Crippen LogP contribution in [-0.2, 0) is 11.2 Å². The molecule has 2 aliphatic rings. The van der Waals surface area contributed by atoms with Crippen molar-refractivity contribution in [2.45, 2.75) is 18.2 Å². The zero-order valence-corrected chi connectivity index (χ0v) is 20.5. The van der Waals surface area contributed by atoms with E-state index in [4.69, 9.17) is 16.6 Å². The van der Waals surface area contributed by atoms with Gasteiger partial charge in [-0.05, 0) is 67.1 Å². The highest BCUT2D eigenvalue weighted by molar-refractivity contribution is 8.19. The minimum Gasteiger partial charge on any atom is -0.334 e. The summed E-state index contributed by atoms with van der Waals surface area (Å²) in [7, 11) is 0. The number of fused-ring (bicyclic) bond motifs is 1. The number of anilines is 1. The number of amidine groups is 1. The summed E-state index contributed by atoms with van der Waals surface area (Å²) in [6.45, 7) is 3.48. The first-order valence-electron chi connectivity index (χ1n) is 10.8. The summed E-state index contributed by atoms with van der Waals surface area (Å²) in [6.07, 6.45) is 0.764. The molecular weight excluding hydrogens is 470 g/mol. The van der Waals surface area contributed by atoms with E-state index in [2.05, 4.69) is 36.1 Å². The molecule has 0 unspecified atom stereocenters. The van der Waals surface area contributed by atoms with Crippen molar-refractivity contribution < 1.29 is 4.79 Å². The summed E-state index contributed by atoms with van der Waals surface area (Å²) in [4.78, 5) is 24.5. The molecule has 1 fully saturated rings. The van der Waals surface area contributed by atoms with E-state index < -0.39 is 0 Å². The van der Waals surface area contributed by atoms with Crippen LogP contribution in [-0.4, -0.2) is 29.1 Å². The van der Waals surface area contributed by atoms with Gasteiger partial charge in [-0.3, -0.25) is 9.69 Å². The molecule has 1 amide bonds. The van der Waals surface area contributed by atoms with Gasteiger partial charge >= 0.3 is 0 Å². The van der Waals surface area contributed by atoms with Crippen LogP contribution in [0.3, 0.4) is 0 Å². The Morgan fingerprint density at radius 3 is 2.36 bits per heavy atom. The summed E-state index contributed by atoms with van der Waals surface area (Å²) < 4.78 is 0. The van der Waals surface area contributed by atoms with Gasteiger partial charge in [0.25, 0.3) is 5.91 Å². The number of hydrogen-bond acceptors (Lipinski definition) is 5. The van der Waals surface area contributed by atoms with Crippen LogP contribution < -0.4 is 4.90 Å². The molecule has 5 rings (SSSR count).